The van der Waals surface area contributed by atoms with Crippen molar-refractivity contribution in [3.8, 4) is 11.6 Å². The third-order valence-corrected chi connectivity index (χ3v) is 4.39. The second-order valence-electron chi connectivity index (χ2n) is 5.94. The number of rotatable bonds is 5. The van der Waals surface area contributed by atoms with Gasteiger partial charge in [-0.25, -0.2) is 9.37 Å². The summed E-state index contributed by atoms with van der Waals surface area (Å²) in [7, 11) is 1.43. The van der Waals surface area contributed by atoms with Gasteiger partial charge in [0.15, 0.2) is 6.17 Å². The minimum atomic E-state index is -1.53. The van der Waals surface area contributed by atoms with E-state index in [-0.39, 0.29) is 12.2 Å². The second-order valence-corrected chi connectivity index (χ2v) is 5.94. The molecule has 2 heterocycles. The number of fused-ring (bicyclic) bond motifs is 1. The number of amides is 2. The predicted molar refractivity (Wildman–Crippen MR) is 88.3 cm³/mol. The molecule has 1 saturated heterocycles. The third kappa shape index (κ3) is 3.07. The van der Waals surface area contributed by atoms with Gasteiger partial charge in [-0.2, -0.15) is 0 Å². The second kappa shape index (κ2) is 6.54. The highest BCUT2D eigenvalue weighted by molar-refractivity contribution is 6.01. The molecule has 25 heavy (non-hydrogen) atoms. The van der Waals surface area contributed by atoms with Crippen LogP contribution in [0.25, 0.3) is 10.8 Å². The summed E-state index contributed by atoms with van der Waals surface area (Å²) in [6, 6.07) is 4.49. The number of aromatic nitrogens is 1. The molecule has 0 saturated carbocycles. The number of nitrogens with two attached hydrogens (primary N) is 1. The standard InChI is InChI=1S/C17H18FN3O4/c1-8-12(21-16(23)14(8)18)7-25-17-10-6-13(24-2)11(15(19)22)5-9(10)3-4-20-17/h3-6,8,12,14H,7H2,1-2H3,(H2,19,22)(H,21,23)/t8-,12+,14?/m0/s1. The highest BCUT2D eigenvalue weighted by atomic mass is 19.1. The molecule has 1 aromatic carbocycles. The molecule has 0 bridgehead atoms. The van der Waals surface area contributed by atoms with Crippen molar-refractivity contribution in [1.82, 2.24) is 10.3 Å². The summed E-state index contributed by atoms with van der Waals surface area (Å²) in [6.07, 6.45) is -0.00363. The number of carbonyl (C=O) groups excluding carboxylic acids is 2. The Kier molecular flexibility index (Phi) is 4.43. The van der Waals surface area contributed by atoms with Gasteiger partial charge in [-0.3, -0.25) is 9.59 Å². The first-order valence-corrected chi connectivity index (χ1v) is 7.76. The maximum absolute atomic E-state index is 13.6. The summed E-state index contributed by atoms with van der Waals surface area (Å²) >= 11 is 0. The van der Waals surface area contributed by atoms with E-state index >= 15 is 0 Å². The van der Waals surface area contributed by atoms with E-state index in [4.69, 9.17) is 15.2 Å². The van der Waals surface area contributed by atoms with Crippen LogP contribution in [0.5, 0.6) is 11.6 Å². The zero-order chi connectivity index (χ0) is 18.1. The molecule has 3 atom stereocenters. The van der Waals surface area contributed by atoms with Crippen LogP contribution in [0.1, 0.15) is 17.3 Å². The molecule has 8 heteroatoms. The molecule has 2 aromatic rings. The summed E-state index contributed by atoms with van der Waals surface area (Å²) in [5, 5.41) is 3.89. The van der Waals surface area contributed by atoms with Crippen molar-refractivity contribution in [2.24, 2.45) is 11.7 Å². The minimum absolute atomic E-state index is 0.0827. The number of ether oxygens (including phenoxy) is 2. The molecule has 0 aliphatic carbocycles. The van der Waals surface area contributed by atoms with Crippen molar-refractivity contribution in [2.75, 3.05) is 13.7 Å². The van der Waals surface area contributed by atoms with Crippen LogP contribution >= 0.6 is 0 Å². The zero-order valence-corrected chi connectivity index (χ0v) is 13.8. The van der Waals surface area contributed by atoms with Crippen molar-refractivity contribution < 1.29 is 23.5 Å². The van der Waals surface area contributed by atoms with E-state index in [1.807, 2.05) is 0 Å². The van der Waals surface area contributed by atoms with E-state index in [1.165, 1.54) is 13.3 Å². The molecule has 132 valence electrons. The lowest BCUT2D eigenvalue weighted by atomic mass is 10.0. The molecule has 1 unspecified atom stereocenters. The number of nitrogens with one attached hydrogen (secondary N) is 1. The van der Waals surface area contributed by atoms with Crippen LogP contribution in [0.4, 0.5) is 4.39 Å². The lowest BCUT2D eigenvalue weighted by Gasteiger charge is -2.17. The Labute approximate surface area is 143 Å². The van der Waals surface area contributed by atoms with Crippen molar-refractivity contribution in [3.05, 3.63) is 30.0 Å². The molecule has 1 aliphatic rings. The first-order valence-electron chi connectivity index (χ1n) is 7.76. The lowest BCUT2D eigenvalue weighted by Crippen LogP contribution is -2.34. The maximum Gasteiger partial charge on any atom is 0.255 e. The molecule has 1 aliphatic heterocycles. The fourth-order valence-electron chi connectivity index (χ4n) is 2.85. The number of nitrogens with zero attached hydrogens (tertiary/aromatic N) is 1. The van der Waals surface area contributed by atoms with Crippen LogP contribution in [-0.2, 0) is 4.79 Å². The number of pyridine rings is 1. The van der Waals surface area contributed by atoms with E-state index in [1.54, 1.807) is 25.1 Å². The molecule has 0 spiro atoms. The number of benzene rings is 1. The zero-order valence-electron chi connectivity index (χ0n) is 13.8. The first kappa shape index (κ1) is 16.9. The largest absolute Gasteiger partial charge is 0.496 e. The van der Waals surface area contributed by atoms with E-state index in [0.29, 0.717) is 22.4 Å². The van der Waals surface area contributed by atoms with Crippen molar-refractivity contribution in [3.63, 3.8) is 0 Å². The fraction of sp³-hybridized carbons (Fsp3) is 0.353. The topological polar surface area (TPSA) is 104 Å². The van der Waals surface area contributed by atoms with E-state index in [2.05, 4.69) is 10.3 Å². The fourth-order valence-corrected chi connectivity index (χ4v) is 2.85. The van der Waals surface area contributed by atoms with Crippen LogP contribution in [0, 0.1) is 5.92 Å². The quantitative estimate of drug-likeness (QED) is 0.846. The van der Waals surface area contributed by atoms with Crippen LogP contribution in [0.3, 0.4) is 0 Å². The highest BCUT2D eigenvalue weighted by Crippen LogP contribution is 2.31. The van der Waals surface area contributed by atoms with Gasteiger partial charge in [-0.1, -0.05) is 6.92 Å². The monoisotopic (exact) mass is 347 g/mol. The van der Waals surface area contributed by atoms with Crippen LogP contribution in [-0.4, -0.2) is 42.7 Å². The van der Waals surface area contributed by atoms with Gasteiger partial charge >= 0.3 is 0 Å². The maximum atomic E-state index is 13.6. The molecular weight excluding hydrogens is 329 g/mol. The van der Waals surface area contributed by atoms with Crippen molar-refractivity contribution in [1.29, 1.82) is 0 Å². The van der Waals surface area contributed by atoms with E-state index in [0.717, 1.165) is 0 Å². The van der Waals surface area contributed by atoms with Gasteiger partial charge in [-0.15, -0.1) is 0 Å². The molecule has 2 amide bonds. The number of halogens is 1. The average Bonchev–Trinajstić information content (AvgIpc) is 2.85. The Morgan fingerprint density at radius 1 is 1.44 bits per heavy atom. The number of hydrogen-bond donors (Lipinski definition) is 2. The smallest absolute Gasteiger partial charge is 0.255 e. The van der Waals surface area contributed by atoms with Gasteiger partial charge in [0, 0.05) is 17.5 Å². The Morgan fingerprint density at radius 2 is 2.20 bits per heavy atom. The minimum Gasteiger partial charge on any atom is -0.496 e. The summed E-state index contributed by atoms with van der Waals surface area (Å²) in [6.45, 7) is 1.73. The molecule has 3 N–H and O–H groups in total. The van der Waals surface area contributed by atoms with Gasteiger partial charge in [0.25, 0.3) is 11.8 Å². The van der Waals surface area contributed by atoms with Crippen LogP contribution in [0.15, 0.2) is 24.4 Å². The van der Waals surface area contributed by atoms with Gasteiger partial charge in [0.1, 0.15) is 12.4 Å². The highest BCUT2D eigenvalue weighted by Gasteiger charge is 2.39. The number of carbonyl (C=O) groups is 2. The Morgan fingerprint density at radius 3 is 2.80 bits per heavy atom. The number of primary amides is 1. The number of alkyl halides is 1. The van der Waals surface area contributed by atoms with Crippen LogP contribution < -0.4 is 20.5 Å². The summed E-state index contributed by atoms with van der Waals surface area (Å²) < 4.78 is 24.5. The molecule has 1 aromatic heterocycles. The van der Waals surface area contributed by atoms with Gasteiger partial charge in [-0.05, 0) is 23.6 Å². The van der Waals surface area contributed by atoms with Crippen molar-refractivity contribution in [2.45, 2.75) is 19.1 Å². The summed E-state index contributed by atoms with van der Waals surface area (Å²) in [4.78, 5) is 27.1. The van der Waals surface area contributed by atoms with Gasteiger partial charge in [0.2, 0.25) is 5.88 Å². The SMILES string of the molecule is COc1cc2c(OC[C@H]3NC(=O)C(F)[C@H]3C)nccc2cc1C(N)=O. The normalized spacial score (nSPS) is 22.7. The molecular formula is C17H18FN3O4. The summed E-state index contributed by atoms with van der Waals surface area (Å²) in [5.41, 5.74) is 5.61. The van der Waals surface area contributed by atoms with Gasteiger partial charge < -0.3 is 20.5 Å². The third-order valence-electron chi connectivity index (χ3n) is 4.39. The summed E-state index contributed by atoms with van der Waals surface area (Å²) in [5.74, 6) is -1.10. The van der Waals surface area contributed by atoms with Crippen LogP contribution in [0.2, 0.25) is 0 Å². The van der Waals surface area contributed by atoms with E-state index < -0.39 is 29.9 Å². The molecule has 1 fully saturated rings. The molecule has 7 nitrogen and oxygen atoms in total. The number of hydrogen-bond acceptors (Lipinski definition) is 5. The lowest BCUT2D eigenvalue weighted by molar-refractivity contribution is -0.123. The van der Waals surface area contributed by atoms with E-state index in [9.17, 15) is 14.0 Å². The average molecular weight is 347 g/mol. The first-order chi connectivity index (χ1) is 11.9. The number of methoxy groups -OCH3 is 1. The predicted octanol–water partition coefficient (Wildman–Crippen LogP) is 1.19. The van der Waals surface area contributed by atoms with Gasteiger partial charge in [0.05, 0.1) is 18.7 Å². The molecule has 3 rings (SSSR count). The Bertz CT molecular complexity index is 842. The van der Waals surface area contributed by atoms with Crippen molar-refractivity contribution >= 4 is 22.6 Å². The Hall–Kier alpha value is -2.90. The Balaban J connectivity index is 1.89. The molecule has 0 radical (unpaired) electrons.